The lowest BCUT2D eigenvalue weighted by Crippen LogP contribution is -2.17. The van der Waals surface area contributed by atoms with Gasteiger partial charge in [0.25, 0.3) is 0 Å². The lowest BCUT2D eigenvalue weighted by molar-refractivity contribution is -0.116. The van der Waals surface area contributed by atoms with Gasteiger partial charge in [0.1, 0.15) is 6.54 Å². The van der Waals surface area contributed by atoms with Gasteiger partial charge >= 0.3 is 0 Å². The number of carbonyl (C=O) groups excluding carboxylic acids is 2. The first-order valence-electron chi connectivity index (χ1n) is 6.87. The van der Waals surface area contributed by atoms with Gasteiger partial charge in [0, 0.05) is 34.6 Å². The van der Waals surface area contributed by atoms with Gasteiger partial charge in [-0.05, 0) is 43.2 Å². The fourth-order valence-corrected chi connectivity index (χ4v) is 2.29. The molecule has 1 heterocycles. The Morgan fingerprint density at radius 2 is 1.90 bits per heavy atom. The minimum Gasteiger partial charge on any atom is -0.344 e. The summed E-state index contributed by atoms with van der Waals surface area (Å²) in [5, 5.41) is 3.41. The lowest BCUT2D eigenvalue weighted by atomic mass is 10.1. The molecule has 1 N–H and O–H groups in total. The maximum Gasteiger partial charge on any atom is 0.244 e. The molecule has 3 rings (SSSR count). The van der Waals surface area contributed by atoms with Gasteiger partial charge in [-0.1, -0.05) is 11.6 Å². The molecule has 1 amide bonds. The van der Waals surface area contributed by atoms with Crippen molar-refractivity contribution in [3.8, 4) is 0 Å². The molecule has 5 heteroatoms. The monoisotopic (exact) mass is 302 g/mol. The highest BCUT2D eigenvalue weighted by Crippen LogP contribution is 2.32. The molecule has 0 unspecified atom stereocenters. The highest BCUT2D eigenvalue weighted by atomic mass is 35.5. The number of hydrogen-bond donors (Lipinski definition) is 1. The number of nitrogens with one attached hydrogen (secondary N) is 1. The van der Waals surface area contributed by atoms with E-state index in [1.165, 1.54) is 0 Å². The van der Waals surface area contributed by atoms with E-state index in [4.69, 9.17) is 11.6 Å². The van der Waals surface area contributed by atoms with E-state index in [1.807, 2.05) is 0 Å². The first kappa shape index (κ1) is 13.9. The quantitative estimate of drug-likeness (QED) is 0.861. The fourth-order valence-electron chi connectivity index (χ4n) is 2.17. The summed E-state index contributed by atoms with van der Waals surface area (Å²) in [6.45, 7) is 0.181. The largest absolute Gasteiger partial charge is 0.344 e. The van der Waals surface area contributed by atoms with Crippen LogP contribution < -0.4 is 5.32 Å². The van der Waals surface area contributed by atoms with Crippen LogP contribution in [0.25, 0.3) is 0 Å². The summed E-state index contributed by atoms with van der Waals surface area (Å²) in [5.74, 6) is 0.244. The van der Waals surface area contributed by atoms with Crippen molar-refractivity contribution in [2.24, 2.45) is 5.92 Å². The zero-order valence-corrected chi connectivity index (χ0v) is 12.1. The minimum absolute atomic E-state index is 0.140. The van der Waals surface area contributed by atoms with Crippen LogP contribution in [0.2, 0.25) is 5.02 Å². The van der Waals surface area contributed by atoms with Crippen molar-refractivity contribution in [1.82, 2.24) is 4.57 Å². The summed E-state index contributed by atoms with van der Waals surface area (Å²) in [7, 11) is 0. The number of halogens is 1. The van der Waals surface area contributed by atoms with E-state index >= 15 is 0 Å². The number of ketones is 1. The Hall–Kier alpha value is -2.07. The van der Waals surface area contributed by atoms with Crippen molar-refractivity contribution in [2.45, 2.75) is 19.4 Å². The van der Waals surface area contributed by atoms with E-state index in [2.05, 4.69) is 5.32 Å². The molecule has 0 atom stereocenters. The summed E-state index contributed by atoms with van der Waals surface area (Å²) in [4.78, 5) is 23.8. The molecule has 0 bridgehead atoms. The van der Waals surface area contributed by atoms with Gasteiger partial charge in [-0.3, -0.25) is 9.59 Å². The van der Waals surface area contributed by atoms with E-state index in [-0.39, 0.29) is 24.2 Å². The zero-order valence-electron chi connectivity index (χ0n) is 11.4. The molecular formula is C16H15ClN2O2. The van der Waals surface area contributed by atoms with Gasteiger partial charge in [0.05, 0.1) is 0 Å². The third-order valence-electron chi connectivity index (χ3n) is 3.44. The molecule has 0 radical (unpaired) electrons. The SMILES string of the molecule is O=C(Cn1ccc(C(=O)C2CC2)c1)Nc1ccc(Cl)cc1. The van der Waals surface area contributed by atoms with Crippen LogP contribution >= 0.6 is 11.6 Å². The van der Waals surface area contributed by atoms with Crippen LogP contribution in [-0.2, 0) is 11.3 Å². The number of aromatic nitrogens is 1. The summed E-state index contributed by atoms with van der Waals surface area (Å²) < 4.78 is 1.72. The van der Waals surface area contributed by atoms with Gasteiger partial charge in [-0.25, -0.2) is 0 Å². The number of anilines is 1. The predicted octanol–water partition coefficient (Wildman–Crippen LogP) is 3.37. The Morgan fingerprint density at radius 3 is 2.57 bits per heavy atom. The van der Waals surface area contributed by atoms with Crippen LogP contribution in [0.5, 0.6) is 0 Å². The molecule has 0 spiro atoms. The maximum absolute atomic E-state index is 11.9. The summed E-state index contributed by atoms with van der Waals surface area (Å²) >= 11 is 5.79. The van der Waals surface area contributed by atoms with Crippen molar-refractivity contribution < 1.29 is 9.59 Å². The predicted molar refractivity (Wildman–Crippen MR) is 81.6 cm³/mol. The van der Waals surface area contributed by atoms with Crippen LogP contribution in [0.15, 0.2) is 42.7 Å². The molecule has 4 nitrogen and oxygen atoms in total. The van der Waals surface area contributed by atoms with Crippen LogP contribution in [0.3, 0.4) is 0 Å². The number of amides is 1. The third kappa shape index (κ3) is 3.52. The molecule has 1 aromatic carbocycles. The number of rotatable bonds is 5. The van der Waals surface area contributed by atoms with Crippen molar-refractivity contribution in [2.75, 3.05) is 5.32 Å². The van der Waals surface area contributed by atoms with E-state index < -0.39 is 0 Å². The van der Waals surface area contributed by atoms with Crippen molar-refractivity contribution in [1.29, 1.82) is 0 Å². The van der Waals surface area contributed by atoms with Gasteiger partial charge in [0.2, 0.25) is 5.91 Å². The van der Waals surface area contributed by atoms with Gasteiger partial charge in [-0.15, -0.1) is 0 Å². The van der Waals surface area contributed by atoms with Crippen molar-refractivity contribution >= 4 is 29.0 Å². The van der Waals surface area contributed by atoms with E-state index in [0.29, 0.717) is 16.3 Å². The molecule has 108 valence electrons. The van der Waals surface area contributed by atoms with Gasteiger partial charge in [-0.2, -0.15) is 0 Å². The first-order valence-corrected chi connectivity index (χ1v) is 7.25. The van der Waals surface area contributed by atoms with Crippen molar-refractivity contribution in [3.05, 3.63) is 53.3 Å². The molecule has 1 fully saturated rings. The molecule has 0 aliphatic heterocycles. The molecule has 1 saturated carbocycles. The number of carbonyl (C=O) groups is 2. The zero-order chi connectivity index (χ0) is 14.8. The second kappa shape index (κ2) is 5.74. The number of nitrogens with zero attached hydrogens (tertiary/aromatic N) is 1. The molecule has 1 aromatic heterocycles. The molecule has 2 aromatic rings. The maximum atomic E-state index is 11.9. The van der Waals surface area contributed by atoms with Gasteiger partial charge in [0.15, 0.2) is 5.78 Å². The highest BCUT2D eigenvalue weighted by Gasteiger charge is 2.30. The summed E-state index contributed by atoms with van der Waals surface area (Å²) in [6.07, 6.45) is 5.47. The Bertz CT molecular complexity index is 672. The standard InChI is InChI=1S/C16H15ClN2O2/c17-13-3-5-14(6-4-13)18-15(20)10-19-8-7-12(9-19)16(21)11-1-2-11/h3-9,11H,1-2,10H2,(H,18,20). The molecule has 0 saturated heterocycles. The fraction of sp³-hybridized carbons (Fsp3) is 0.250. The lowest BCUT2D eigenvalue weighted by Gasteiger charge is -2.06. The van der Waals surface area contributed by atoms with Gasteiger partial charge < -0.3 is 9.88 Å². The number of benzene rings is 1. The second-order valence-electron chi connectivity index (χ2n) is 5.27. The van der Waals surface area contributed by atoms with Crippen LogP contribution in [0.1, 0.15) is 23.2 Å². The van der Waals surface area contributed by atoms with Crippen LogP contribution in [0.4, 0.5) is 5.69 Å². The average Bonchev–Trinajstić information content (AvgIpc) is 3.21. The Kier molecular flexibility index (Phi) is 3.80. The third-order valence-corrected chi connectivity index (χ3v) is 3.69. The topological polar surface area (TPSA) is 51.1 Å². The normalized spacial score (nSPS) is 14.0. The average molecular weight is 303 g/mol. The number of hydrogen-bond acceptors (Lipinski definition) is 2. The highest BCUT2D eigenvalue weighted by molar-refractivity contribution is 6.30. The number of Topliss-reactive ketones (excluding diaryl/α,β-unsaturated/α-hetero) is 1. The Morgan fingerprint density at radius 1 is 1.19 bits per heavy atom. The van der Waals surface area contributed by atoms with Crippen LogP contribution in [-0.4, -0.2) is 16.3 Å². The Labute approximate surface area is 127 Å². The van der Waals surface area contributed by atoms with E-state index in [9.17, 15) is 9.59 Å². The smallest absolute Gasteiger partial charge is 0.244 e. The van der Waals surface area contributed by atoms with Crippen LogP contribution in [0, 0.1) is 5.92 Å². The molecule has 21 heavy (non-hydrogen) atoms. The Balaban J connectivity index is 1.59. The summed E-state index contributed by atoms with van der Waals surface area (Å²) in [6, 6.07) is 8.71. The van der Waals surface area contributed by atoms with Crippen molar-refractivity contribution in [3.63, 3.8) is 0 Å². The second-order valence-corrected chi connectivity index (χ2v) is 5.70. The van der Waals surface area contributed by atoms with E-state index in [0.717, 1.165) is 12.8 Å². The first-order chi connectivity index (χ1) is 10.1. The molecular weight excluding hydrogens is 288 g/mol. The van der Waals surface area contributed by atoms with E-state index in [1.54, 1.807) is 47.3 Å². The minimum atomic E-state index is -0.140. The molecule has 1 aliphatic rings. The molecule has 1 aliphatic carbocycles. The summed E-state index contributed by atoms with van der Waals surface area (Å²) in [5.41, 5.74) is 1.39.